The molecule has 0 saturated carbocycles. The molecule has 2 aromatic heterocycles. The van der Waals surface area contributed by atoms with Gasteiger partial charge in [0, 0.05) is 21.5 Å². The molecular weight excluding hydrogens is 422 g/mol. The number of benzene rings is 7. The maximum Gasteiger partial charge on any atom is 0.0626 e. The van der Waals surface area contributed by atoms with Crippen molar-refractivity contribution in [3.8, 4) is 0 Å². The molecule has 1 nitrogen and oxygen atoms in total. The van der Waals surface area contributed by atoms with Crippen molar-refractivity contribution in [3.63, 3.8) is 0 Å². The Hall–Kier alpha value is -4.62. The van der Waals surface area contributed by atoms with Gasteiger partial charge in [-0.3, -0.25) is 0 Å². The molecule has 0 bridgehead atoms. The van der Waals surface area contributed by atoms with Gasteiger partial charge in [-0.1, -0.05) is 91.0 Å². The summed E-state index contributed by atoms with van der Waals surface area (Å²) in [5.74, 6) is 0. The van der Waals surface area contributed by atoms with Crippen LogP contribution >= 0.6 is 0 Å². The summed E-state index contributed by atoms with van der Waals surface area (Å²) in [4.78, 5) is 0. The summed E-state index contributed by atoms with van der Waals surface area (Å²) in [6.45, 7) is 0. The quantitative estimate of drug-likeness (QED) is 0.206. The van der Waals surface area contributed by atoms with Crippen molar-refractivity contribution in [1.29, 1.82) is 0 Å². The zero-order chi connectivity index (χ0) is 22.7. The van der Waals surface area contributed by atoms with Gasteiger partial charge in [-0.2, -0.15) is 0 Å². The third-order valence-corrected chi connectivity index (χ3v) is 8.05. The van der Waals surface area contributed by atoms with Gasteiger partial charge in [-0.05, 0) is 67.4 Å². The van der Waals surface area contributed by atoms with Crippen molar-refractivity contribution < 1.29 is 0 Å². The van der Waals surface area contributed by atoms with E-state index in [1.807, 2.05) is 0 Å². The number of hydrogen-bond donors (Lipinski definition) is 0. The Bertz CT molecular complexity index is 2320. The van der Waals surface area contributed by atoms with Crippen molar-refractivity contribution >= 4 is 81.2 Å². The lowest BCUT2D eigenvalue weighted by molar-refractivity contribution is 1.38. The second kappa shape index (κ2) is 6.08. The lowest BCUT2D eigenvalue weighted by atomic mass is 9.93. The average molecular weight is 442 g/mol. The van der Waals surface area contributed by atoms with Gasteiger partial charge >= 0.3 is 0 Å². The van der Waals surface area contributed by atoms with Crippen LogP contribution < -0.4 is 0 Å². The first-order valence-electron chi connectivity index (χ1n) is 12.2. The van der Waals surface area contributed by atoms with Crippen LogP contribution in [0.25, 0.3) is 81.2 Å². The van der Waals surface area contributed by atoms with E-state index in [-0.39, 0.29) is 0 Å². The highest BCUT2D eigenvalue weighted by Crippen LogP contribution is 2.45. The Morgan fingerprint density at radius 3 is 1.60 bits per heavy atom. The molecule has 1 heteroatoms. The summed E-state index contributed by atoms with van der Waals surface area (Å²) in [6.07, 6.45) is 0. The molecule has 0 saturated heterocycles. The van der Waals surface area contributed by atoms with Crippen molar-refractivity contribution in [3.05, 3.63) is 115 Å². The highest BCUT2D eigenvalue weighted by atomic mass is 14.9. The number of aromatic nitrogens is 1. The molecule has 0 atom stereocenters. The Kier molecular flexibility index (Phi) is 3.09. The van der Waals surface area contributed by atoms with Crippen LogP contribution in [0, 0.1) is 0 Å². The molecule has 9 rings (SSSR count). The number of nitrogens with zero attached hydrogens (tertiary/aromatic N) is 1. The van der Waals surface area contributed by atoms with Gasteiger partial charge in [-0.15, -0.1) is 0 Å². The molecule has 0 unspecified atom stereocenters. The minimum absolute atomic E-state index is 1.28. The van der Waals surface area contributed by atoms with E-state index in [4.69, 9.17) is 0 Å². The molecule has 7 aromatic carbocycles. The number of para-hydroxylation sites is 1. The molecule has 0 N–H and O–H groups in total. The zero-order valence-corrected chi connectivity index (χ0v) is 18.9. The fourth-order valence-electron chi connectivity index (χ4n) is 6.64. The molecule has 0 fully saturated rings. The maximum atomic E-state index is 2.51. The van der Waals surface area contributed by atoms with E-state index in [9.17, 15) is 0 Å². The van der Waals surface area contributed by atoms with Crippen LogP contribution in [-0.2, 0) is 0 Å². The second-order valence-corrected chi connectivity index (χ2v) is 9.73. The molecule has 2 heterocycles. The molecule has 0 aliphatic heterocycles. The first-order valence-corrected chi connectivity index (χ1v) is 12.2. The van der Waals surface area contributed by atoms with Gasteiger partial charge in [0.25, 0.3) is 0 Å². The minimum Gasteiger partial charge on any atom is -0.308 e. The monoisotopic (exact) mass is 441 g/mol. The lowest BCUT2D eigenvalue weighted by Gasteiger charge is -2.11. The summed E-state index contributed by atoms with van der Waals surface area (Å²) in [7, 11) is 0. The SMILES string of the molecule is c1ccc2c(c1)cc1c3cc4c5ccccc5c5ccccc5c4cc3n3c4ccccc4c2c13. The van der Waals surface area contributed by atoms with Crippen LogP contribution in [0.1, 0.15) is 0 Å². The first kappa shape index (κ1) is 17.8. The van der Waals surface area contributed by atoms with Crippen LogP contribution in [0.5, 0.6) is 0 Å². The molecule has 160 valence electrons. The van der Waals surface area contributed by atoms with E-state index in [0.717, 1.165) is 0 Å². The summed E-state index contributed by atoms with van der Waals surface area (Å²) in [5.41, 5.74) is 3.90. The summed E-state index contributed by atoms with van der Waals surface area (Å²) in [6, 6.07) is 42.7. The van der Waals surface area contributed by atoms with Crippen molar-refractivity contribution in [1.82, 2.24) is 4.40 Å². The Labute approximate surface area is 200 Å². The maximum absolute atomic E-state index is 2.51. The summed E-state index contributed by atoms with van der Waals surface area (Å²) < 4.78 is 2.51. The predicted molar refractivity (Wildman–Crippen MR) is 151 cm³/mol. The minimum atomic E-state index is 1.28. The topological polar surface area (TPSA) is 4.41 Å². The van der Waals surface area contributed by atoms with E-state index in [1.54, 1.807) is 0 Å². The smallest absolute Gasteiger partial charge is 0.0626 e. The van der Waals surface area contributed by atoms with Gasteiger partial charge in [-0.25, -0.2) is 0 Å². The molecule has 9 aromatic rings. The van der Waals surface area contributed by atoms with E-state index in [0.29, 0.717) is 0 Å². The Balaban J connectivity index is 1.65. The van der Waals surface area contributed by atoms with E-state index >= 15 is 0 Å². The van der Waals surface area contributed by atoms with Crippen LogP contribution in [0.3, 0.4) is 0 Å². The van der Waals surface area contributed by atoms with Crippen molar-refractivity contribution in [2.24, 2.45) is 0 Å². The van der Waals surface area contributed by atoms with Crippen LogP contribution in [-0.4, -0.2) is 4.40 Å². The number of fused-ring (bicyclic) bond motifs is 14. The standard InChI is InChI=1S/C34H19N/c1-2-10-21-20(9-1)17-30-29-18-27-24-13-5-3-11-22(24)23-12-4-6-14-25(23)28(27)19-32(29)35-31-16-8-7-15-26(31)33(21)34(30)35/h1-19H. The fraction of sp³-hybridized carbons (Fsp3) is 0. The average Bonchev–Trinajstić information content (AvgIpc) is 3.43. The summed E-state index contributed by atoms with van der Waals surface area (Å²) >= 11 is 0. The van der Waals surface area contributed by atoms with Crippen molar-refractivity contribution in [2.45, 2.75) is 0 Å². The predicted octanol–water partition coefficient (Wildman–Crippen LogP) is 9.45. The molecule has 0 amide bonds. The molecule has 0 aliphatic carbocycles. The van der Waals surface area contributed by atoms with E-state index in [1.165, 1.54) is 81.2 Å². The van der Waals surface area contributed by atoms with E-state index < -0.39 is 0 Å². The third-order valence-electron chi connectivity index (χ3n) is 8.05. The molecule has 0 spiro atoms. The van der Waals surface area contributed by atoms with Crippen LogP contribution in [0.2, 0.25) is 0 Å². The van der Waals surface area contributed by atoms with Gasteiger partial charge in [0.05, 0.1) is 16.6 Å². The largest absolute Gasteiger partial charge is 0.308 e. The van der Waals surface area contributed by atoms with Crippen LogP contribution in [0.4, 0.5) is 0 Å². The van der Waals surface area contributed by atoms with Gasteiger partial charge < -0.3 is 4.40 Å². The summed E-state index contributed by atoms with van der Waals surface area (Å²) in [5, 5.41) is 15.9. The molecule has 0 aliphatic rings. The number of rotatable bonds is 0. The number of hydrogen-bond acceptors (Lipinski definition) is 0. The normalized spacial score (nSPS) is 12.6. The van der Waals surface area contributed by atoms with Crippen LogP contribution in [0.15, 0.2) is 115 Å². The highest BCUT2D eigenvalue weighted by molar-refractivity contribution is 6.34. The second-order valence-electron chi connectivity index (χ2n) is 9.73. The van der Waals surface area contributed by atoms with Crippen molar-refractivity contribution in [2.75, 3.05) is 0 Å². The van der Waals surface area contributed by atoms with Gasteiger partial charge in [0.15, 0.2) is 0 Å². The Morgan fingerprint density at radius 2 is 0.886 bits per heavy atom. The lowest BCUT2D eigenvalue weighted by Crippen LogP contribution is -1.85. The fourth-order valence-corrected chi connectivity index (χ4v) is 6.64. The molecule has 35 heavy (non-hydrogen) atoms. The molecular formula is C34H19N. The highest BCUT2D eigenvalue weighted by Gasteiger charge is 2.21. The first-order chi connectivity index (χ1) is 17.4. The third kappa shape index (κ3) is 2.06. The van der Waals surface area contributed by atoms with Gasteiger partial charge in [0.1, 0.15) is 0 Å². The molecule has 0 radical (unpaired) electrons. The zero-order valence-electron chi connectivity index (χ0n) is 18.9. The van der Waals surface area contributed by atoms with E-state index in [2.05, 4.69) is 120 Å². The Morgan fingerprint density at radius 1 is 0.343 bits per heavy atom. The van der Waals surface area contributed by atoms with Gasteiger partial charge in [0.2, 0.25) is 0 Å².